The molecule has 0 aliphatic carbocycles. The number of hydrogen-bond donors (Lipinski definition) is 2. The van der Waals surface area contributed by atoms with E-state index in [4.69, 9.17) is 4.74 Å². The van der Waals surface area contributed by atoms with Gasteiger partial charge in [-0.2, -0.15) is 0 Å². The van der Waals surface area contributed by atoms with Crippen LogP contribution in [0.1, 0.15) is 26.2 Å². The standard InChI is InChI=1S/C12H22N2O4/c1-2-18-12(17)7-10(15)8-13-9-11(16)14-5-3-4-6-14/h10,13,15H,2-9H2,1H3. The van der Waals surface area contributed by atoms with Gasteiger partial charge in [0, 0.05) is 19.6 Å². The average molecular weight is 258 g/mol. The van der Waals surface area contributed by atoms with Crippen molar-refractivity contribution in [3.63, 3.8) is 0 Å². The molecule has 0 saturated carbocycles. The molecule has 1 amide bonds. The van der Waals surface area contributed by atoms with Crippen LogP contribution >= 0.6 is 0 Å². The van der Waals surface area contributed by atoms with Gasteiger partial charge in [0.25, 0.3) is 0 Å². The Morgan fingerprint density at radius 3 is 2.67 bits per heavy atom. The minimum Gasteiger partial charge on any atom is -0.466 e. The molecule has 0 aromatic rings. The number of ether oxygens (including phenoxy) is 1. The van der Waals surface area contributed by atoms with Gasteiger partial charge in [0.15, 0.2) is 0 Å². The molecule has 1 heterocycles. The van der Waals surface area contributed by atoms with E-state index < -0.39 is 12.1 Å². The van der Waals surface area contributed by atoms with Gasteiger partial charge >= 0.3 is 5.97 Å². The molecule has 0 bridgehead atoms. The molecule has 1 atom stereocenters. The van der Waals surface area contributed by atoms with E-state index >= 15 is 0 Å². The van der Waals surface area contributed by atoms with E-state index in [1.165, 1.54) is 0 Å². The van der Waals surface area contributed by atoms with Crippen molar-refractivity contribution in [1.82, 2.24) is 10.2 Å². The monoisotopic (exact) mass is 258 g/mol. The van der Waals surface area contributed by atoms with Crippen molar-refractivity contribution in [3.05, 3.63) is 0 Å². The van der Waals surface area contributed by atoms with Gasteiger partial charge < -0.3 is 20.1 Å². The lowest BCUT2D eigenvalue weighted by atomic mass is 10.2. The van der Waals surface area contributed by atoms with Crippen LogP contribution in [0.25, 0.3) is 0 Å². The minimum atomic E-state index is -0.810. The Morgan fingerprint density at radius 1 is 1.39 bits per heavy atom. The Morgan fingerprint density at radius 2 is 2.06 bits per heavy atom. The number of likely N-dealkylation sites (tertiary alicyclic amines) is 1. The molecule has 18 heavy (non-hydrogen) atoms. The van der Waals surface area contributed by atoms with Crippen LogP contribution in [0.3, 0.4) is 0 Å². The lowest BCUT2D eigenvalue weighted by Crippen LogP contribution is -2.39. The van der Waals surface area contributed by atoms with Crippen molar-refractivity contribution in [2.45, 2.75) is 32.3 Å². The van der Waals surface area contributed by atoms with Gasteiger partial charge in [0.2, 0.25) is 5.91 Å². The molecule has 104 valence electrons. The second kappa shape index (κ2) is 8.05. The van der Waals surface area contributed by atoms with E-state index in [9.17, 15) is 14.7 Å². The molecular weight excluding hydrogens is 236 g/mol. The number of carbonyl (C=O) groups is 2. The van der Waals surface area contributed by atoms with Crippen molar-refractivity contribution in [3.8, 4) is 0 Å². The smallest absolute Gasteiger partial charge is 0.308 e. The first-order chi connectivity index (χ1) is 8.63. The molecule has 0 spiro atoms. The van der Waals surface area contributed by atoms with Gasteiger partial charge in [-0.25, -0.2) is 0 Å². The number of nitrogens with zero attached hydrogens (tertiary/aromatic N) is 1. The third-order valence-corrected chi connectivity index (χ3v) is 2.82. The van der Waals surface area contributed by atoms with Crippen LogP contribution in [0, 0.1) is 0 Å². The van der Waals surface area contributed by atoms with E-state index in [0.29, 0.717) is 6.61 Å². The summed E-state index contributed by atoms with van der Waals surface area (Å²) >= 11 is 0. The van der Waals surface area contributed by atoms with Crippen LogP contribution in [0.2, 0.25) is 0 Å². The molecule has 1 rings (SSSR count). The van der Waals surface area contributed by atoms with E-state index in [1.807, 2.05) is 4.90 Å². The van der Waals surface area contributed by atoms with Crippen molar-refractivity contribution in [1.29, 1.82) is 0 Å². The van der Waals surface area contributed by atoms with Crippen LogP contribution in [-0.4, -0.2) is 60.8 Å². The average Bonchev–Trinajstić information content (AvgIpc) is 2.82. The highest BCUT2D eigenvalue weighted by Gasteiger charge is 2.18. The molecule has 6 heteroatoms. The first kappa shape index (κ1) is 14.9. The zero-order valence-corrected chi connectivity index (χ0v) is 10.9. The fourth-order valence-electron chi connectivity index (χ4n) is 1.91. The quantitative estimate of drug-likeness (QED) is 0.603. The Hall–Kier alpha value is -1.14. The van der Waals surface area contributed by atoms with Crippen LogP contribution in [0.5, 0.6) is 0 Å². The summed E-state index contributed by atoms with van der Waals surface area (Å²) in [4.78, 5) is 24.5. The fourth-order valence-corrected chi connectivity index (χ4v) is 1.91. The molecule has 6 nitrogen and oxygen atoms in total. The molecule has 0 aromatic carbocycles. The molecular formula is C12H22N2O4. The first-order valence-electron chi connectivity index (χ1n) is 6.45. The third kappa shape index (κ3) is 5.46. The maximum Gasteiger partial charge on any atom is 0.308 e. The highest BCUT2D eigenvalue weighted by molar-refractivity contribution is 5.78. The topological polar surface area (TPSA) is 78.9 Å². The number of nitrogens with one attached hydrogen (secondary N) is 1. The molecule has 0 radical (unpaired) electrons. The van der Waals surface area contributed by atoms with Crippen molar-refractivity contribution in [2.75, 3.05) is 32.8 Å². The molecule has 1 fully saturated rings. The second-order valence-corrected chi connectivity index (χ2v) is 4.38. The summed E-state index contributed by atoms with van der Waals surface area (Å²) in [6, 6.07) is 0. The SMILES string of the molecule is CCOC(=O)CC(O)CNCC(=O)N1CCCC1. The second-order valence-electron chi connectivity index (χ2n) is 4.38. The maximum atomic E-state index is 11.6. The summed E-state index contributed by atoms with van der Waals surface area (Å²) in [5.74, 6) is -0.367. The van der Waals surface area contributed by atoms with Gasteiger partial charge in [-0.05, 0) is 19.8 Å². The predicted octanol–water partition coefficient (Wildman–Crippen LogP) is -0.487. The van der Waals surface area contributed by atoms with E-state index in [2.05, 4.69) is 5.32 Å². The maximum absolute atomic E-state index is 11.6. The molecule has 2 N–H and O–H groups in total. The van der Waals surface area contributed by atoms with Crippen molar-refractivity contribution >= 4 is 11.9 Å². The van der Waals surface area contributed by atoms with Crippen molar-refractivity contribution < 1.29 is 19.4 Å². The summed E-state index contributed by atoms with van der Waals surface area (Å²) in [6.45, 7) is 4.11. The van der Waals surface area contributed by atoms with Gasteiger partial charge in [0.1, 0.15) is 0 Å². The Labute approximate surface area is 107 Å². The molecule has 0 aromatic heterocycles. The van der Waals surface area contributed by atoms with Gasteiger partial charge in [-0.3, -0.25) is 9.59 Å². The lowest BCUT2D eigenvalue weighted by molar-refractivity contribution is -0.145. The first-order valence-corrected chi connectivity index (χ1v) is 6.45. The summed E-state index contributed by atoms with van der Waals surface area (Å²) in [6.07, 6.45) is 1.28. The van der Waals surface area contributed by atoms with E-state index in [1.54, 1.807) is 6.92 Å². The number of aliphatic hydroxyl groups is 1. The number of esters is 1. The number of rotatable bonds is 7. The van der Waals surface area contributed by atoms with Gasteiger partial charge in [-0.1, -0.05) is 0 Å². The normalized spacial score (nSPS) is 16.7. The lowest BCUT2D eigenvalue weighted by Gasteiger charge is -2.16. The highest BCUT2D eigenvalue weighted by atomic mass is 16.5. The zero-order chi connectivity index (χ0) is 13.4. The molecule has 1 unspecified atom stereocenters. The third-order valence-electron chi connectivity index (χ3n) is 2.82. The van der Waals surface area contributed by atoms with E-state index in [0.717, 1.165) is 25.9 Å². The minimum absolute atomic E-state index is 0.0429. The van der Waals surface area contributed by atoms with E-state index in [-0.39, 0.29) is 25.4 Å². The Bertz CT molecular complexity index is 277. The van der Waals surface area contributed by atoms with Gasteiger partial charge in [0.05, 0.1) is 25.7 Å². The van der Waals surface area contributed by atoms with Crippen LogP contribution < -0.4 is 5.32 Å². The highest BCUT2D eigenvalue weighted by Crippen LogP contribution is 2.06. The molecule has 1 saturated heterocycles. The number of carbonyl (C=O) groups excluding carboxylic acids is 2. The number of amides is 1. The fraction of sp³-hybridized carbons (Fsp3) is 0.833. The summed E-state index contributed by atoms with van der Waals surface area (Å²) < 4.78 is 4.72. The number of aliphatic hydroxyl groups excluding tert-OH is 1. The zero-order valence-electron chi connectivity index (χ0n) is 10.9. The molecule has 1 aliphatic heterocycles. The Kier molecular flexibility index (Phi) is 6.67. The Balaban J connectivity index is 2.09. The van der Waals surface area contributed by atoms with Crippen molar-refractivity contribution in [2.24, 2.45) is 0 Å². The van der Waals surface area contributed by atoms with Gasteiger partial charge in [-0.15, -0.1) is 0 Å². The van der Waals surface area contributed by atoms with Crippen LogP contribution in [0.15, 0.2) is 0 Å². The summed E-state index contributed by atoms with van der Waals surface area (Å²) in [5, 5.41) is 12.4. The molecule has 1 aliphatic rings. The van der Waals surface area contributed by atoms with Crippen LogP contribution in [-0.2, 0) is 14.3 Å². The van der Waals surface area contributed by atoms with Crippen LogP contribution in [0.4, 0.5) is 0 Å². The summed E-state index contributed by atoms with van der Waals surface area (Å²) in [7, 11) is 0. The predicted molar refractivity (Wildman–Crippen MR) is 65.9 cm³/mol. The summed E-state index contributed by atoms with van der Waals surface area (Å²) in [5.41, 5.74) is 0. The largest absolute Gasteiger partial charge is 0.466 e. The number of hydrogen-bond acceptors (Lipinski definition) is 5.